The predicted molar refractivity (Wildman–Crippen MR) is 72.3 cm³/mol. The molecule has 1 saturated heterocycles. The molecule has 3 rings (SSSR count). The van der Waals surface area contributed by atoms with Gasteiger partial charge in [-0.05, 0) is 60.2 Å². The number of aryl methyl sites for hydroxylation is 1. The largest absolute Gasteiger partial charge is 0.290 e. The molecule has 1 aromatic carbocycles. The van der Waals surface area contributed by atoms with Crippen molar-refractivity contribution in [2.75, 3.05) is 0 Å². The Balaban J connectivity index is 1.89. The van der Waals surface area contributed by atoms with Crippen molar-refractivity contribution in [2.24, 2.45) is 0 Å². The van der Waals surface area contributed by atoms with Crippen LogP contribution in [-0.4, -0.2) is 11.1 Å². The highest BCUT2D eigenvalue weighted by molar-refractivity contribution is 8.18. The van der Waals surface area contributed by atoms with Gasteiger partial charge in [-0.2, -0.15) is 0 Å². The van der Waals surface area contributed by atoms with E-state index < -0.39 is 0 Å². The molecule has 18 heavy (non-hydrogen) atoms. The predicted octanol–water partition coefficient (Wildman–Crippen LogP) is 3.20. The summed E-state index contributed by atoms with van der Waals surface area (Å²) in [4.78, 5) is 23.0. The van der Waals surface area contributed by atoms with Crippen LogP contribution in [0.2, 0.25) is 0 Å². The minimum atomic E-state index is -0.297. The molecule has 0 radical (unpaired) electrons. The molecule has 1 aliphatic heterocycles. The van der Waals surface area contributed by atoms with E-state index in [0.717, 1.165) is 23.2 Å². The van der Waals surface area contributed by atoms with E-state index in [1.165, 1.54) is 24.0 Å². The van der Waals surface area contributed by atoms with Crippen LogP contribution < -0.4 is 5.32 Å². The van der Waals surface area contributed by atoms with Crippen LogP contribution in [0.1, 0.15) is 35.4 Å². The summed E-state index contributed by atoms with van der Waals surface area (Å²) in [6.07, 6.45) is 4.34. The van der Waals surface area contributed by atoms with Crippen LogP contribution in [-0.2, 0) is 4.79 Å². The molecule has 1 aliphatic carbocycles. The van der Waals surface area contributed by atoms with Gasteiger partial charge in [0.05, 0.1) is 4.91 Å². The number of imide groups is 1. The molecular weight excluding hydrogens is 246 g/mol. The molecule has 0 atom stereocenters. The smallest absolute Gasteiger partial charge is 0.282 e. The molecule has 0 aromatic heterocycles. The number of carbonyl (C=O) groups is 2. The number of amides is 2. The maximum Gasteiger partial charge on any atom is 0.290 e. The number of thioether (sulfide) groups is 1. The lowest BCUT2D eigenvalue weighted by molar-refractivity contribution is -0.115. The van der Waals surface area contributed by atoms with Crippen molar-refractivity contribution in [2.45, 2.75) is 25.7 Å². The van der Waals surface area contributed by atoms with Crippen LogP contribution in [0, 0.1) is 6.92 Å². The van der Waals surface area contributed by atoms with Crippen molar-refractivity contribution < 1.29 is 9.59 Å². The zero-order valence-electron chi connectivity index (χ0n) is 10.0. The van der Waals surface area contributed by atoms with Gasteiger partial charge in [0.15, 0.2) is 0 Å². The summed E-state index contributed by atoms with van der Waals surface area (Å²) < 4.78 is 0. The first kappa shape index (κ1) is 11.5. The second-order valence-corrected chi connectivity index (χ2v) is 5.76. The highest BCUT2D eigenvalue weighted by atomic mass is 32.2. The summed E-state index contributed by atoms with van der Waals surface area (Å²) in [5.74, 6) is 0.436. The zero-order chi connectivity index (χ0) is 12.7. The lowest BCUT2D eigenvalue weighted by Gasteiger charge is -2.05. The molecule has 2 fully saturated rings. The highest BCUT2D eigenvalue weighted by Gasteiger charge is 2.26. The third-order valence-electron chi connectivity index (χ3n) is 3.25. The van der Waals surface area contributed by atoms with Crippen LogP contribution in [0.15, 0.2) is 23.1 Å². The quantitative estimate of drug-likeness (QED) is 0.830. The molecule has 1 N–H and O–H groups in total. The maximum absolute atomic E-state index is 11.4. The van der Waals surface area contributed by atoms with Gasteiger partial charge in [-0.15, -0.1) is 0 Å². The lowest BCUT2D eigenvalue weighted by atomic mass is 10.0. The Hall–Kier alpha value is -1.55. The molecule has 1 heterocycles. The summed E-state index contributed by atoms with van der Waals surface area (Å²) in [6.45, 7) is 2.10. The fraction of sp³-hybridized carbons (Fsp3) is 0.286. The van der Waals surface area contributed by atoms with E-state index in [-0.39, 0.29) is 11.1 Å². The Morgan fingerprint density at radius 2 is 2.11 bits per heavy atom. The summed E-state index contributed by atoms with van der Waals surface area (Å²) >= 11 is 0.959. The summed E-state index contributed by atoms with van der Waals surface area (Å²) in [6, 6.07) is 6.24. The van der Waals surface area contributed by atoms with E-state index in [9.17, 15) is 9.59 Å². The molecule has 4 heteroatoms. The van der Waals surface area contributed by atoms with Crippen molar-refractivity contribution in [3.8, 4) is 0 Å². The number of nitrogens with one attached hydrogen (secondary N) is 1. The second kappa shape index (κ2) is 4.28. The third-order valence-corrected chi connectivity index (χ3v) is 4.06. The SMILES string of the molecule is Cc1cc(/C=C2/SC(=O)NC2=O)ccc1C1CC1. The number of carbonyl (C=O) groups excluding carboxylic acids is 2. The number of hydrogen-bond donors (Lipinski definition) is 1. The molecule has 2 amide bonds. The van der Waals surface area contributed by atoms with Gasteiger partial charge < -0.3 is 0 Å². The van der Waals surface area contributed by atoms with Crippen LogP contribution in [0.25, 0.3) is 6.08 Å². The zero-order valence-corrected chi connectivity index (χ0v) is 10.8. The first-order valence-electron chi connectivity index (χ1n) is 5.99. The highest BCUT2D eigenvalue weighted by Crippen LogP contribution is 2.41. The minimum absolute atomic E-state index is 0.294. The Morgan fingerprint density at radius 1 is 1.33 bits per heavy atom. The first-order chi connectivity index (χ1) is 8.63. The van der Waals surface area contributed by atoms with Gasteiger partial charge in [0.1, 0.15) is 0 Å². The van der Waals surface area contributed by atoms with E-state index >= 15 is 0 Å². The molecule has 0 bridgehead atoms. The number of benzene rings is 1. The molecule has 0 spiro atoms. The molecule has 2 aliphatic rings. The van der Waals surface area contributed by atoms with Crippen LogP contribution in [0.3, 0.4) is 0 Å². The number of hydrogen-bond acceptors (Lipinski definition) is 3. The Kier molecular flexibility index (Phi) is 2.74. The molecular formula is C14H13NO2S. The molecule has 1 aromatic rings. The van der Waals surface area contributed by atoms with Gasteiger partial charge in [0, 0.05) is 0 Å². The lowest BCUT2D eigenvalue weighted by Crippen LogP contribution is -2.17. The van der Waals surface area contributed by atoms with E-state index in [1.807, 2.05) is 6.07 Å². The molecule has 1 saturated carbocycles. The van der Waals surface area contributed by atoms with Crippen molar-refractivity contribution in [3.63, 3.8) is 0 Å². The number of rotatable bonds is 2. The average Bonchev–Trinajstić information content (AvgIpc) is 3.07. The third kappa shape index (κ3) is 2.20. The normalized spacial score (nSPS) is 21.5. The van der Waals surface area contributed by atoms with Gasteiger partial charge in [-0.3, -0.25) is 14.9 Å². The van der Waals surface area contributed by atoms with Crippen molar-refractivity contribution >= 4 is 29.0 Å². The maximum atomic E-state index is 11.4. The molecule has 0 unspecified atom stereocenters. The van der Waals surface area contributed by atoms with Crippen molar-refractivity contribution in [1.29, 1.82) is 0 Å². The molecule has 92 valence electrons. The van der Waals surface area contributed by atoms with E-state index in [2.05, 4.69) is 24.4 Å². The van der Waals surface area contributed by atoms with Gasteiger partial charge in [-0.1, -0.05) is 18.2 Å². The van der Waals surface area contributed by atoms with Gasteiger partial charge in [0.25, 0.3) is 11.1 Å². The van der Waals surface area contributed by atoms with Crippen LogP contribution in [0.4, 0.5) is 4.79 Å². The van der Waals surface area contributed by atoms with Crippen LogP contribution >= 0.6 is 11.8 Å². The average molecular weight is 259 g/mol. The van der Waals surface area contributed by atoms with Crippen molar-refractivity contribution in [3.05, 3.63) is 39.8 Å². The standard InChI is InChI=1S/C14H13NO2S/c1-8-6-9(2-5-11(8)10-3-4-10)7-12-13(16)15-14(17)18-12/h2,5-7,10H,3-4H2,1H3,(H,15,16,17)/b12-7+. The van der Waals surface area contributed by atoms with E-state index in [4.69, 9.17) is 0 Å². The fourth-order valence-electron chi connectivity index (χ4n) is 2.21. The van der Waals surface area contributed by atoms with Crippen LogP contribution in [0.5, 0.6) is 0 Å². The fourth-order valence-corrected chi connectivity index (χ4v) is 2.90. The van der Waals surface area contributed by atoms with Gasteiger partial charge in [0.2, 0.25) is 0 Å². The Bertz CT molecular complexity index is 573. The molecule has 3 nitrogen and oxygen atoms in total. The first-order valence-corrected chi connectivity index (χ1v) is 6.80. The Morgan fingerprint density at radius 3 is 2.67 bits per heavy atom. The van der Waals surface area contributed by atoms with E-state index in [1.54, 1.807) is 6.08 Å². The van der Waals surface area contributed by atoms with Gasteiger partial charge in [-0.25, -0.2) is 0 Å². The topological polar surface area (TPSA) is 46.2 Å². The summed E-state index contributed by atoms with van der Waals surface area (Å²) in [5.41, 5.74) is 3.66. The summed E-state index contributed by atoms with van der Waals surface area (Å²) in [7, 11) is 0. The minimum Gasteiger partial charge on any atom is -0.282 e. The summed E-state index contributed by atoms with van der Waals surface area (Å²) in [5, 5.41) is 1.96. The second-order valence-electron chi connectivity index (χ2n) is 4.74. The Labute approximate surface area is 110 Å². The monoisotopic (exact) mass is 259 g/mol. The van der Waals surface area contributed by atoms with Crippen molar-refractivity contribution in [1.82, 2.24) is 5.32 Å². The van der Waals surface area contributed by atoms with Gasteiger partial charge >= 0.3 is 0 Å². The van der Waals surface area contributed by atoms with E-state index in [0.29, 0.717) is 4.91 Å².